The van der Waals surface area contributed by atoms with Gasteiger partial charge in [-0.05, 0) is 67.7 Å². The van der Waals surface area contributed by atoms with Gasteiger partial charge in [0.05, 0.1) is 0 Å². The number of nitrogens with zero attached hydrogens (tertiary/aromatic N) is 1. The lowest BCUT2D eigenvalue weighted by atomic mass is 9.98. The zero-order valence-corrected chi connectivity index (χ0v) is 22.4. The van der Waals surface area contributed by atoms with Crippen molar-refractivity contribution >= 4 is 12.7 Å². The van der Waals surface area contributed by atoms with E-state index in [4.69, 9.17) is 5.11 Å². The average molecular weight is 473 g/mol. The monoisotopic (exact) mass is 472 g/mol. The molecule has 3 aromatic rings. The zero-order valence-electron chi connectivity index (χ0n) is 22.4. The molecule has 3 heteroatoms. The number of aryl methyl sites for hydroxylation is 1. The summed E-state index contributed by atoms with van der Waals surface area (Å²) < 4.78 is 2.45. The number of nitrogens with one attached hydrogen (secondary N) is 1. The Morgan fingerprint density at radius 2 is 1.86 bits per heavy atom. The molecule has 2 N–H and O–H groups in total. The Hall–Kier alpha value is -3.20. The molecule has 0 saturated carbocycles. The quantitative estimate of drug-likeness (QED) is 0.336. The van der Waals surface area contributed by atoms with Crippen molar-refractivity contribution in [1.82, 2.24) is 9.88 Å². The van der Waals surface area contributed by atoms with Gasteiger partial charge in [0, 0.05) is 35.4 Å². The summed E-state index contributed by atoms with van der Waals surface area (Å²) in [4.78, 5) is 0. The molecule has 1 atom stereocenters. The Kier molecular flexibility index (Phi) is 11.4. The summed E-state index contributed by atoms with van der Waals surface area (Å²) in [7, 11) is 0. The number of rotatable bonds is 10. The van der Waals surface area contributed by atoms with Gasteiger partial charge in [0.15, 0.2) is 0 Å². The van der Waals surface area contributed by atoms with Crippen molar-refractivity contribution in [2.24, 2.45) is 5.92 Å². The smallest absolute Gasteiger partial charge is 0.115 e. The summed E-state index contributed by atoms with van der Waals surface area (Å²) >= 11 is 0. The number of aromatic hydroxyl groups is 1. The molecule has 0 saturated heterocycles. The summed E-state index contributed by atoms with van der Waals surface area (Å²) in [6, 6.07) is 18.1. The van der Waals surface area contributed by atoms with Crippen LogP contribution in [-0.2, 0) is 13.1 Å². The molecule has 1 aromatic heterocycles. The van der Waals surface area contributed by atoms with Crippen molar-refractivity contribution in [2.75, 3.05) is 0 Å². The van der Waals surface area contributed by atoms with Crippen LogP contribution in [0.3, 0.4) is 0 Å². The lowest BCUT2D eigenvalue weighted by Gasteiger charge is -2.19. The van der Waals surface area contributed by atoms with Gasteiger partial charge in [-0.3, -0.25) is 0 Å². The van der Waals surface area contributed by atoms with Crippen LogP contribution in [0.25, 0.3) is 23.9 Å². The molecule has 3 nitrogen and oxygen atoms in total. The highest BCUT2D eigenvalue weighted by molar-refractivity contribution is 5.65. The third-order valence-corrected chi connectivity index (χ3v) is 6.46. The van der Waals surface area contributed by atoms with E-state index in [1.165, 1.54) is 47.7 Å². The number of aromatic nitrogens is 1. The van der Waals surface area contributed by atoms with E-state index in [1.54, 1.807) is 12.1 Å². The predicted octanol–water partition coefficient (Wildman–Crippen LogP) is 6.91. The van der Waals surface area contributed by atoms with Gasteiger partial charge in [-0.1, -0.05) is 88.7 Å². The molecule has 0 fully saturated rings. The maximum absolute atomic E-state index is 9.13. The third kappa shape index (κ3) is 8.51. The molecule has 1 heterocycles. The van der Waals surface area contributed by atoms with Gasteiger partial charge >= 0.3 is 0 Å². The first-order chi connectivity index (χ1) is 16.8. The maximum atomic E-state index is 9.13. The van der Waals surface area contributed by atoms with Crippen molar-refractivity contribution in [3.8, 4) is 17.0 Å². The standard InChI is InChI=1S/C22H31N.C10H13NO/c1-6-9-13-19(7-2)16-23-18(5)20(8-3)15-22(23)21-14-11-10-12-17(21)4;1-8(2)11-7-9-4-3-5-10(12)6-9/h8,10-12,14-15,19H,5-7,9,13,16H2,1-4H3;3-6,11-12H,1,7H2,2H3/b20-8-;/t19-;/m0./s1. The lowest BCUT2D eigenvalue weighted by molar-refractivity contribution is 0.389. The minimum Gasteiger partial charge on any atom is -0.508 e. The largest absolute Gasteiger partial charge is 0.508 e. The second-order valence-electron chi connectivity index (χ2n) is 9.37. The Morgan fingerprint density at radius 3 is 2.46 bits per heavy atom. The molecule has 0 aliphatic heterocycles. The van der Waals surface area contributed by atoms with E-state index in [1.807, 2.05) is 19.1 Å². The van der Waals surface area contributed by atoms with Gasteiger partial charge in [0.2, 0.25) is 0 Å². The molecule has 0 unspecified atom stereocenters. The molecule has 3 rings (SSSR count). The normalized spacial score (nSPS) is 12.1. The van der Waals surface area contributed by atoms with Crippen LogP contribution in [0.4, 0.5) is 0 Å². The third-order valence-electron chi connectivity index (χ3n) is 6.46. The Labute approximate surface area is 212 Å². The fourth-order valence-electron chi connectivity index (χ4n) is 4.25. The SMILES string of the molecule is C=C(C)NCc1cccc(O)c1.C=c1/c(=C\C)cc(-c2ccccc2C)n1C[C@@H](CC)CCCC. The number of unbranched alkanes of at least 4 members (excludes halogenated alkanes) is 1. The van der Waals surface area contributed by atoms with E-state index in [0.717, 1.165) is 29.1 Å². The molecule has 0 radical (unpaired) electrons. The summed E-state index contributed by atoms with van der Waals surface area (Å²) in [5.41, 5.74) is 5.96. The van der Waals surface area contributed by atoms with Crippen LogP contribution < -0.4 is 15.9 Å². The van der Waals surface area contributed by atoms with E-state index in [2.05, 4.69) is 87.1 Å². The molecule has 0 aliphatic carbocycles. The number of hydrogen-bond donors (Lipinski definition) is 2. The Morgan fingerprint density at radius 1 is 1.11 bits per heavy atom. The highest BCUT2D eigenvalue weighted by atomic mass is 16.3. The molecule has 0 bridgehead atoms. The molecule has 0 spiro atoms. The lowest BCUT2D eigenvalue weighted by Crippen LogP contribution is -2.29. The van der Waals surface area contributed by atoms with Gasteiger partial charge in [-0.2, -0.15) is 0 Å². The topological polar surface area (TPSA) is 37.2 Å². The summed E-state index contributed by atoms with van der Waals surface area (Å²) in [5.74, 6) is 1.03. The second-order valence-corrected chi connectivity index (χ2v) is 9.37. The van der Waals surface area contributed by atoms with Gasteiger partial charge < -0.3 is 15.0 Å². The fraction of sp³-hybridized carbons (Fsp3) is 0.375. The number of phenolic OH excluding ortho intramolecular Hbond substituents is 1. The van der Waals surface area contributed by atoms with Crippen LogP contribution in [0.1, 0.15) is 64.5 Å². The highest BCUT2D eigenvalue weighted by Crippen LogP contribution is 2.23. The summed E-state index contributed by atoms with van der Waals surface area (Å²) in [6.45, 7) is 20.7. The first kappa shape index (κ1) is 28.0. The van der Waals surface area contributed by atoms with Crippen LogP contribution in [-0.4, -0.2) is 9.67 Å². The van der Waals surface area contributed by atoms with Crippen LogP contribution in [0.15, 0.2) is 66.9 Å². The van der Waals surface area contributed by atoms with Gasteiger partial charge in [-0.15, -0.1) is 0 Å². The number of benzene rings is 2. The number of allylic oxidation sites excluding steroid dienone is 1. The first-order valence-electron chi connectivity index (χ1n) is 12.9. The number of hydrogen-bond acceptors (Lipinski definition) is 2. The second kappa shape index (κ2) is 14.3. The fourth-order valence-corrected chi connectivity index (χ4v) is 4.25. The van der Waals surface area contributed by atoms with Crippen molar-refractivity contribution in [3.05, 3.63) is 88.6 Å². The van der Waals surface area contributed by atoms with E-state index in [9.17, 15) is 0 Å². The molecule has 0 amide bonds. The van der Waals surface area contributed by atoms with Crippen LogP contribution in [0, 0.1) is 12.8 Å². The molecule has 0 aliphatic rings. The first-order valence-corrected chi connectivity index (χ1v) is 12.9. The number of phenols is 1. The molecular formula is C32H44N2O. The minimum atomic E-state index is 0.302. The van der Waals surface area contributed by atoms with Crippen LogP contribution in [0.2, 0.25) is 0 Å². The molecular weight excluding hydrogens is 428 g/mol. The molecule has 35 heavy (non-hydrogen) atoms. The van der Waals surface area contributed by atoms with E-state index in [-0.39, 0.29) is 0 Å². The predicted molar refractivity (Wildman–Crippen MR) is 153 cm³/mol. The maximum Gasteiger partial charge on any atom is 0.115 e. The van der Waals surface area contributed by atoms with Gasteiger partial charge in [0.1, 0.15) is 5.75 Å². The van der Waals surface area contributed by atoms with Crippen LogP contribution in [0.5, 0.6) is 5.75 Å². The molecule has 2 aromatic carbocycles. The highest BCUT2D eigenvalue weighted by Gasteiger charge is 2.13. The Bertz CT molecular complexity index is 1190. The van der Waals surface area contributed by atoms with Crippen LogP contribution >= 0.6 is 0 Å². The Balaban J connectivity index is 0.000000303. The van der Waals surface area contributed by atoms with E-state index >= 15 is 0 Å². The molecule has 188 valence electrons. The van der Waals surface area contributed by atoms with Crippen molar-refractivity contribution < 1.29 is 5.11 Å². The van der Waals surface area contributed by atoms with Gasteiger partial charge in [0.25, 0.3) is 0 Å². The van der Waals surface area contributed by atoms with Crippen molar-refractivity contribution in [2.45, 2.75) is 73.4 Å². The van der Waals surface area contributed by atoms with Crippen molar-refractivity contribution in [3.63, 3.8) is 0 Å². The van der Waals surface area contributed by atoms with Gasteiger partial charge in [-0.25, -0.2) is 0 Å². The zero-order chi connectivity index (χ0) is 25.8. The summed E-state index contributed by atoms with van der Waals surface area (Å²) in [6.07, 6.45) is 7.31. The average Bonchev–Trinajstić information content (AvgIpc) is 3.16. The van der Waals surface area contributed by atoms with E-state index < -0.39 is 0 Å². The summed E-state index contributed by atoms with van der Waals surface area (Å²) in [5, 5.41) is 14.6. The minimum absolute atomic E-state index is 0.302. The van der Waals surface area contributed by atoms with E-state index in [0.29, 0.717) is 12.3 Å². The van der Waals surface area contributed by atoms with Crippen molar-refractivity contribution in [1.29, 1.82) is 0 Å².